The second kappa shape index (κ2) is 8.13. The first-order valence-electron chi connectivity index (χ1n) is 7.05. The maximum absolute atomic E-state index is 12.6. The van der Waals surface area contributed by atoms with Crippen molar-refractivity contribution in [1.29, 1.82) is 0 Å². The van der Waals surface area contributed by atoms with Crippen molar-refractivity contribution < 1.29 is 14.3 Å². The minimum atomic E-state index is -0.207. The van der Waals surface area contributed by atoms with E-state index in [1.54, 1.807) is 30.0 Å². The molecule has 0 saturated carbocycles. The summed E-state index contributed by atoms with van der Waals surface area (Å²) in [6, 6.07) is 10.7. The summed E-state index contributed by atoms with van der Waals surface area (Å²) >= 11 is 7.75. The normalized spacial score (nSPS) is 10.3. The molecule has 0 aliphatic carbocycles. The van der Waals surface area contributed by atoms with E-state index in [0.29, 0.717) is 27.8 Å². The molecule has 0 aliphatic rings. The van der Waals surface area contributed by atoms with Gasteiger partial charge in [-0.3, -0.25) is 4.79 Å². The van der Waals surface area contributed by atoms with Crippen LogP contribution in [0.4, 0.5) is 5.69 Å². The zero-order valence-corrected chi connectivity index (χ0v) is 14.8. The van der Waals surface area contributed by atoms with Gasteiger partial charge in [-0.05, 0) is 24.0 Å². The molecule has 0 aromatic heterocycles. The fraction of sp³-hybridized carbons (Fsp3) is 0.235. The topological polar surface area (TPSA) is 47.6 Å². The molecular weight excluding hydrogens is 334 g/mol. The Labute approximate surface area is 145 Å². The molecule has 122 valence electrons. The molecule has 0 aliphatic heterocycles. The van der Waals surface area contributed by atoms with Crippen molar-refractivity contribution in [3.8, 4) is 11.5 Å². The number of carbonyl (C=O) groups excluding carboxylic acids is 1. The third-order valence-corrected chi connectivity index (χ3v) is 4.40. The molecule has 0 fully saturated rings. The van der Waals surface area contributed by atoms with E-state index in [0.717, 1.165) is 10.6 Å². The average Bonchev–Trinajstić information content (AvgIpc) is 2.56. The van der Waals surface area contributed by atoms with Crippen LogP contribution in [-0.4, -0.2) is 25.9 Å². The van der Waals surface area contributed by atoms with E-state index in [1.807, 2.05) is 25.1 Å². The highest BCUT2D eigenvalue weighted by Gasteiger charge is 2.15. The van der Waals surface area contributed by atoms with E-state index in [-0.39, 0.29) is 5.91 Å². The molecule has 0 spiro atoms. The van der Waals surface area contributed by atoms with Gasteiger partial charge in [-0.1, -0.05) is 30.7 Å². The summed E-state index contributed by atoms with van der Waals surface area (Å²) in [4.78, 5) is 13.5. The number of anilines is 1. The van der Waals surface area contributed by atoms with Crippen LogP contribution in [0.1, 0.15) is 17.3 Å². The van der Waals surface area contributed by atoms with Gasteiger partial charge < -0.3 is 14.8 Å². The number of hydrogen-bond donors (Lipinski definition) is 1. The number of benzene rings is 2. The zero-order valence-electron chi connectivity index (χ0n) is 13.2. The molecule has 4 nitrogen and oxygen atoms in total. The van der Waals surface area contributed by atoms with Crippen molar-refractivity contribution in [1.82, 2.24) is 0 Å². The van der Waals surface area contributed by atoms with Gasteiger partial charge >= 0.3 is 0 Å². The van der Waals surface area contributed by atoms with Gasteiger partial charge in [0.1, 0.15) is 11.5 Å². The third kappa shape index (κ3) is 4.12. The van der Waals surface area contributed by atoms with Gasteiger partial charge in [0.05, 0.1) is 30.5 Å². The van der Waals surface area contributed by atoms with Crippen LogP contribution >= 0.6 is 23.4 Å². The molecule has 2 aromatic carbocycles. The van der Waals surface area contributed by atoms with Crippen molar-refractivity contribution in [2.75, 3.05) is 25.3 Å². The SMILES string of the molecule is CCSc1ccccc1C(=O)Nc1cc(Cl)c(OC)cc1OC. The Kier molecular flexibility index (Phi) is 6.19. The van der Waals surface area contributed by atoms with E-state index >= 15 is 0 Å². The molecule has 2 rings (SSSR count). The monoisotopic (exact) mass is 351 g/mol. The molecule has 0 atom stereocenters. The number of hydrogen-bond acceptors (Lipinski definition) is 4. The van der Waals surface area contributed by atoms with Gasteiger partial charge in [0.25, 0.3) is 5.91 Å². The Morgan fingerprint density at radius 2 is 1.87 bits per heavy atom. The Bertz CT molecular complexity index is 706. The van der Waals surface area contributed by atoms with E-state index in [9.17, 15) is 4.79 Å². The fourth-order valence-electron chi connectivity index (χ4n) is 2.08. The summed E-state index contributed by atoms with van der Waals surface area (Å²) in [5.41, 5.74) is 1.12. The lowest BCUT2D eigenvalue weighted by Crippen LogP contribution is -2.14. The molecule has 0 radical (unpaired) electrons. The number of methoxy groups -OCH3 is 2. The van der Waals surface area contributed by atoms with Gasteiger partial charge in [-0.25, -0.2) is 0 Å². The number of amides is 1. The predicted molar refractivity (Wildman–Crippen MR) is 95.3 cm³/mol. The number of rotatable bonds is 6. The Hall–Kier alpha value is -1.85. The Morgan fingerprint density at radius 3 is 2.52 bits per heavy atom. The number of ether oxygens (including phenoxy) is 2. The van der Waals surface area contributed by atoms with Crippen molar-refractivity contribution in [2.24, 2.45) is 0 Å². The average molecular weight is 352 g/mol. The summed E-state index contributed by atoms with van der Waals surface area (Å²) in [5.74, 6) is 1.66. The first-order valence-corrected chi connectivity index (χ1v) is 8.41. The van der Waals surface area contributed by atoms with Crippen molar-refractivity contribution in [2.45, 2.75) is 11.8 Å². The number of halogens is 1. The van der Waals surface area contributed by atoms with Crippen LogP contribution in [0.15, 0.2) is 41.3 Å². The summed E-state index contributed by atoms with van der Waals surface area (Å²) in [6.45, 7) is 2.05. The highest BCUT2D eigenvalue weighted by molar-refractivity contribution is 7.99. The molecule has 0 heterocycles. The molecule has 0 bridgehead atoms. The van der Waals surface area contributed by atoms with Crippen LogP contribution in [0.2, 0.25) is 5.02 Å². The van der Waals surface area contributed by atoms with Crippen LogP contribution in [0.3, 0.4) is 0 Å². The largest absolute Gasteiger partial charge is 0.495 e. The van der Waals surface area contributed by atoms with Crippen molar-refractivity contribution >= 4 is 35.0 Å². The molecule has 0 unspecified atom stereocenters. The lowest BCUT2D eigenvalue weighted by atomic mass is 10.2. The molecular formula is C17H18ClNO3S. The molecule has 2 aromatic rings. The van der Waals surface area contributed by atoms with Gasteiger partial charge in [0.2, 0.25) is 0 Å². The summed E-state index contributed by atoms with van der Waals surface area (Å²) < 4.78 is 10.5. The third-order valence-electron chi connectivity index (χ3n) is 3.15. The Balaban J connectivity index is 2.32. The molecule has 6 heteroatoms. The van der Waals surface area contributed by atoms with Gasteiger partial charge in [-0.15, -0.1) is 11.8 Å². The standard InChI is InChI=1S/C17H18ClNO3S/c1-4-23-16-8-6-5-7-11(16)17(20)19-13-9-12(18)14(21-2)10-15(13)22-3/h5-10H,4H2,1-3H3,(H,19,20). The van der Waals surface area contributed by atoms with E-state index in [1.165, 1.54) is 14.2 Å². The minimum Gasteiger partial charge on any atom is -0.495 e. The minimum absolute atomic E-state index is 0.207. The second-order valence-electron chi connectivity index (χ2n) is 4.57. The summed E-state index contributed by atoms with van der Waals surface area (Å²) in [6.07, 6.45) is 0. The Morgan fingerprint density at radius 1 is 1.17 bits per heavy atom. The molecule has 0 saturated heterocycles. The number of nitrogens with one attached hydrogen (secondary N) is 1. The fourth-order valence-corrected chi connectivity index (χ4v) is 3.13. The summed E-state index contributed by atoms with van der Waals surface area (Å²) in [5, 5.41) is 3.25. The van der Waals surface area contributed by atoms with Crippen molar-refractivity contribution in [3.63, 3.8) is 0 Å². The summed E-state index contributed by atoms with van der Waals surface area (Å²) in [7, 11) is 3.05. The quantitative estimate of drug-likeness (QED) is 0.765. The smallest absolute Gasteiger partial charge is 0.256 e. The highest BCUT2D eigenvalue weighted by atomic mass is 35.5. The molecule has 1 amide bonds. The molecule has 23 heavy (non-hydrogen) atoms. The number of thioether (sulfide) groups is 1. The van der Waals surface area contributed by atoms with E-state index in [2.05, 4.69) is 5.32 Å². The predicted octanol–water partition coefficient (Wildman–Crippen LogP) is 4.72. The zero-order chi connectivity index (χ0) is 16.8. The van der Waals surface area contributed by atoms with Crippen LogP contribution in [-0.2, 0) is 0 Å². The first kappa shape index (κ1) is 17.5. The number of carbonyl (C=O) groups is 1. The maximum Gasteiger partial charge on any atom is 0.256 e. The van der Waals surface area contributed by atoms with Gasteiger partial charge in [-0.2, -0.15) is 0 Å². The van der Waals surface area contributed by atoms with E-state index < -0.39 is 0 Å². The van der Waals surface area contributed by atoms with Crippen LogP contribution in [0.25, 0.3) is 0 Å². The lowest BCUT2D eigenvalue weighted by molar-refractivity contribution is 0.102. The van der Waals surface area contributed by atoms with Crippen LogP contribution in [0.5, 0.6) is 11.5 Å². The van der Waals surface area contributed by atoms with Gasteiger partial charge in [0, 0.05) is 11.0 Å². The van der Waals surface area contributed by atoms with Crippen molar-refractivity contribution in [3.05, 3.63) is 47.0 Å². The van der Waals surface area contributed by atoms with Crippen LogP contribution in [0, 0.1) is 0 Å². The highest BCUT2D eigenvalue weighted by Crippen LogP contribution is 2.36. The van der Waals surface area contributed by atoms with E-state index in [4.69, 9.17) is 21.1 Å². The molecule has 1 N–H and O–H groups in total. The van der Waals surface area contributed by atoms with Gasteiger partial charge in [0.15, 0.2) is 0 Å². The maximum atomic E-state index is 12.6. The second-order valence-corrected chi connectivity index (χ2v) is 6.28. The first-order chi connectivity index (χ1) is 11.1. The van der Waals surface area contributed by atoms with Crippen LogP contribution < -0.4 is 14.8 Å². The lowest BCUT2D eigenvalue weighted by Gasteiger charge is -2.14.